The number of hydrogen-bond donors (Lipinski definition) is 2. The Labute approximate surface area is 114 Å². The molecule has 0 spiro atoms. The van der Waals surface area contributed by atoms with E-state index in [9.17, 15) is 9.59 Å². The normalized spacial score (nSPS) is 14.6. The Morgan fingerprint density at radius 3 is 2.74 bits per heavy atom. The second-order valence-corrected chi connectivity index (χ2v) is 4.42. The van der Waals surface area contributed by atoms with Crippen molar-refractivity contribution in [3.63, 3.8) is 0 Å². The van der Waals surface area contributed by atoms with Crippen molar-refractivity contribution in [2.45, 2.75) is 13.0 Å². The summed E-state index contributed by atoms with van der Waals surface area (Å²) in [6.45, 7) is 2.15. The molecular formula is C12H12ClNO5. The van der Waals surface area contributed by atoms with E-state index in [2.05, 4.69) is 5.32 Å². The Balaban J connectivity index is 2.23. The van der Waals surface area contributed by atoms with Gasteiger partial charge in [0.1, 0.15) is 19.3 Å². The van der Waals surface area contributed by atoms with E-state index in [-0.39, 0.29) is 10.6 Å². The van der Waals surface area contributed by atoms with Gasteiger partial charge in [-0.25, -0.2) is 0 Å². The molecule has 1 amide bonds. The highest BCUT2D eigenvalue weighted by molar-refractivity contribution is 6.32. The second kappa shape index (κ2) is 5.36. The molecule has 0 saturated carbocycles. The van der Waals surface area contributed by atoms with Crippen molar-refractivity contribution in [2.75, 3.05) is 13.2 Å². The van der Waals surface area contributed by atoms with Crippen molar-refractivity contribution >= 4 is 23.5 Å². The third-order valence-electron chi connectivity index (χ3n) is 2.58. The van der Waals surface area contributed by atoms with Crippen molar-refractivity contribution in [1.29, 1.82) is 0 Å². The lowest BCUT2D eigenvalue weighted by atomic mass is 10.1. The van der Waals surface area contributed by atoms with E-state index >= 15 is 0 Å². The van der Waals surface area contributed by atoms with Gasteiger partial charge >= 0.3 is 5.97 Å². The lowest BCUT2D eigenvalue weighted by Crippen LogP contribution is -2.38. The molecule has 102 valence electrons. The molecule has 0 saturated heterocycles. The number of carbonyl (C=O) groups excluding carboxylic acids is 1. The number of amides is 1. The number of aliphatic carboxylic acids is 1. The molecule has 1 atom stereocenters. The Morgan fingerprint density at radius 1 is 1.37 bits per heavy atom. The third-order valence-corrected chi connectivity index (χ3v) is 2.86. The fraction of sp³-hybridized carbons (Fsp3) is 0.333. The molecule has 1 heterocycles. The maximum Gasteiger partial charge on any atom is 0.325 e. The maximum absolute atomic E-state index is 11.9. The topological polar surface area (TPSA) is 84.9 Å². The first kappa shape index (κ1) is 13.5. The van der Waals surface area contributed by atoms with Crippen molar-refractivity contribution in [3.05, 3.63) is 22.7 Å². The Kier molecular flexibility index (Phi) is 3.80. The molecule has 1 aromatic carbocycles. The number of rotatable bonds is 3. The summed E-state index contributed by atoms with van der Waals surface area (Å²) in [5, 5.41) is 11.3. The molecule has 0 aromatic heterocycles. The van der Waals surface area contributed by atoms with E-state index < -0.39 is 17.9 Å². The zero-order valence-corrected chi connectivity index (χ0v) is 10.9. The maximum atomic E-state index is 11.9. The molecule has 0 fully saturated rings. The van der Waals surface area contributed by atoms with Crippen molar-refractivity contribution in [2.24, 2.45) is 0 Å². The number of carboxylic acid groups (broad SMARTS) is 1. The van der Waals surface area contributed by atoms with Crippen LogP contribution in [0.1, 0.15) is 17.3 Å². The summed E-state index contributed by atoms with van der Waals surface area (Å²) in [5.41, 5.74) is 0.224. The van der Waals surface area contributed by atoms with Crippen molar-refractivity contribution < 1.29 is 24.2 Å². The molecule has 7 heteroatoms. The van der Waals surface area contributed by atoms with Crippen LogP contribution in [0.25, 0.3) is 0 Å². The zero-order valence-electron chi connectivity index (χ0n) is 10.1. The Hall–Kier alpha value is -1.95. The number of carboxylic acids is 1. The number of fused-ring (bicyclic) bond motifs is 1. The summed E-state index contributed by atoms with van der Waals surface area (Å²) in [4.78, 5) is 22.5. The fourth-order valence-electron chi connectivity index (χ4n) is 1.58. The first-order valence-electron chi connectivity index (χ1n) is 5.62. The fourth-order valence-corrected chi connectivity index (χ4v) is 1.85. The largest absolute Gasteiger partial charge is 0.486 e. The summed E-state index contributed by atoms with van der Waals surface area (Å²) >= 11 is 5.99. The molecule has 2 rings (SSSR count). The number of ether oxygens (including phenoxy) is 2. The number of halogens is 1. The molecule has 2 N–H and O–H groups in total. The highest BCUT2D eigenvalue weighted by Crippen LogP contribution is 2.38. The lowest BCUT2D eigenvalue weighted by molar-refractivity contribution is -0.138. The van der Waals surface area contributed by atoms with Gasteiger partial charge in [0, 0.05) is 5.56 Å². The zero-order chi connectivity index (χ0) is 14.0. The monoisotopic (exact) mass is 285 g/mol. The number of nitrogens with one attached hydrogen (secondary N) is 1. The van der Waals surface area contributed by atoms with Gasteiger partial charge in [-0.05, 0) is 19.1 Å². The summed E-state index contributed by atoms with van der Waals surface area (Å²) in [6.07, 6.45) is 0. The van der Waals surface area contributed by atoms with Crippen LogP contribution in [-0.2, 0) is 4.79 Å². The number of benzene rings is 1. The van der Waals surface area contributed by atoms with Crippen LogP contribution in [0, 0.1) is 0 Å². The van der Waals surface area contributed by atoms with E-state index in [0.717, 1.165) is 0 Å². The molecule has 0 aliphatic carbocycles. The first-order chi connectivity index (χ1) is 8.99. The molecule has 1 aliphatic rings. The lowest BCUT2D eigenvalue weighted by Gasteiger charge is -2.20. The van der Waals surface area contributed by atoms with Crippen LogP contribution < -0.4 is 14.8 Å². The van der Waals surface area contributed by atoms with Gasteiger partial charge in [0.05, 0.1) is 5.02 Å². The van der Waals surface area contributed by atoms with Gasteiger partial charge in [0.15, 0.2) is 11.5 Å². The summed E-state index contributed by atoms with van der Waals surface area (Å²) in [7, 11) is 0. The van der Waals surface area contributed by atoms with Gasteiger partial charge in [-0.2, -0.15) is 0 Å². The minimum Gasteiger partial charge on any atom is -0.486 e. The number of hydrogen-bond acceptors (Lipinski definition) is 4. The van der Waals surface area contributed by atoms with Gasteiger partial charge in [-0.1, -0.05) is 11.6 Å². The van der Waals surface area contributed by atoms with Gasteiger partial charge in [-0.15, -0.1) is 0 Å². The van der Waals surface area contributed by atoms with Crippen LogP contribution in [-0.4, -0.2) is 36.2 Å². The van der Waals surface area contributed by atoms with Gasteiger partial charge in [0.2, 0.25) is 0 Å². The standard InChI is InChI=1S/C12H12ClNO5/c1-6(12(16)17)14-11(15)7-4-8(13)10-9(5-7)18-2-3-19-10/h4-6H,2-3H2,1H3,(H,14,15)(H,16,17). The molecule has 0 bridgehead atoms. The summed E-state index contributed by atoms with van der Waals surface area (Å²) in [5.74, 6) is -0.867. The smallest absolute Gasteiger partial charge is 0.325 e. The predicted molar refractivity (Wildman–Crippen MR) is 67.0 cm³/mol. The summed E-state index contributed by atoms with van der Waals surface area (Å²) in [6, 6.07) is 1.91. The minimum atomic E-state index is -1.11. The van der Waals surface area contributed by atoms with Gasteiger partial charge in [-0.3, -0.25) is 9.59 Å². The molecule has 0 radical (unpaired) electrons. The quantitative estimate of drug-likeness (QED) is 0.875. The molecule has 1 aliphatic heterocycles. The molecule has 1 unspecified atom stereocenters. The van der Waals surface area contributed by atoms with Crippen LogP contribution in [0.4, 0.5) is 0 Å². The van der Waals surface area contributed by atoms with Crippen LogP contribution in [0.15, 0.2) is 12.1 Å². The Bertz CT molecular complexity index is 531. The molecule has 1 aromatic rings. The average Bonchev–Trinajstić information content (AvgIpc) is 2.38. The van der Waals surface area contributed by atoms with Gasteiger partial charge in [0.25, 0.3) is 5.91 Å². The molecule has 19 heavy (non-hydrogen) atoms. The van der Waals surface area contributed by atoms with Crippen molar-refractivity contribution in [1.82, 2.24) is 5.32 Å². The molecule has 6 nitrogen and oxygen atoms in total. The highest BCUT2D eigenvalue weighted by Gasteiger charge is 2.21. The van der Waals surface area contributed by atoms with E-state index in [1.807, 2.05) is 0 Å². The number of carbonyl (C=O) groups is 2. The Morgan fingerprint density at radius 2 is 2.05 bits per heavy atom. The SMILES string of the molecule is CC(NC(=O)c1cc(Cl)c2c(c1)OCCO2)C(=O)O. The first-order valence-corrected chi connectivity index (χ1v) is 5.99. The van der Waals surface area contributed by atoms with E-state index in [4.69, 9.17) is 26.2 Å². The summed E-state index contributed by atoms with van der Waals surface area (Å²) < 4.78 is 10.7. The predicted octanol–water partition coefficient (Wildman–Crippen LogP) is 1.31. The van der Waals surface area contributed by atoms with Crippen molar-refractivity contribution in [3.8, 4) is 11.5 Å². The third kappa shape index (κ3) is 2.90. The van der Waals surface area contributed by atoms with E-state index in [1.165, 1.54) is 19.1 Å². The average molecular weight is 286 g/mol. The van der Waals surface area contributed by atoms with Gasteiger partial charge < -0.3 is 19.9 Å². The second-order valence-electron chi connectivity index (χ2n) is 4.02. The van der Waals surface area contributed by atoms with Crippen LogP contribution in [0.2, 0.25) is 5.02 Å². The highest BCUT2D eigenvalue weighted by atomic mass is 35.5. The van der Waals surface area contributed by atoms with Crippen LogP contribution >= 0.6 is 11.6 Å². The van der Waals surface area contributed by atoms with Crippen LogP contribution in [0.5, 0.6) is 11.5 Å². The van der Waals surface area contributed by atoms with Crippen LogP contribution in [0.3, 0.4) is 0 Å². The minimum absolute atomic E-state index is 0.224. The van der Waals surface area contributed by atoms with E-state index in [1.54, 1.807) is 0 Å². The van der Waals surface area contributed by atoms with E-state index in [0.29, 0.717) is 24.7 Å². The molecular weight excluding hydrogens is 274 g/mol.